The molecule has 10 heteroatoms. The number of hydrogen-bond acceptors (Lipinski definition) is 8. The van der Waals surface area contributed by atoms with Crippen molar-refractivity contribution >= 4 is 16.6 Å². The van der Waals surface area contributed by atoms with Gasteiger partial charge in [0.1, 0.15) is 6.54 Å². The molecule has 0 aromatic carbocycles. The Morgan fingerprint density at radius 3 is 2.87 bits per heavy atom. The fourth-order valence-corrected chi connectivity index (χ4v) is 4.66. The number of rotatable bonds is 5. The lowest BCUT2D eigenvalue weighted by Gasteiger charge is -2.21. The van der Waals surface area contributed by atoms with Crippen LogP contribution in [0, 0.1) is 23.7 Å². The summed E-state index contributed by atoms with van der Waals surface area (Å²) in [5.74, 6) is 2.15. The van der Waals surface area contributed by atoms with Crippen molar-refractivity contribution in [1.82, 2.24) is 29.9 Å². The predicted molar refractivity (Wildman–Crippen MR) is 108 cm³/mol. The first kappa shape index (κ1) is 18.1. The molecular weight excluding hydrogens is 401 g/mol. The van der Waals surface area contributed by atoms with E-state index in [0.717, 1.165) is 25.2 Å². The second-order valence-corrected chi connectivity index (χ2v) is 8.09. The number of fused-ring (bicyclic) bond motifs is 2. The van der Waals surface area contributed by atoms with Gasteiger partial charge in [0.25, 0.3) is 5.56 Å². The van der Waals surface area contributed by atoms with E-state index in [9.17, 15) is 9.18 Å². The van der Waals surface area contributed by atoms with Gasteiger partial charge >= 0.3 is 0 Å². The molecule has 1 aliphatic carbocycles. The number of anilines is 1. The molecule has 5 heterocycles. The Morgan fingerprint density at radius 2 is 2.03 bits per heavy atom. The smallest absolute Gasteiger partial charge is 0.276 e. The number of piperidine rings is 1. The van der Waals surface area contributed by atoms with Gasteiger partial charge in [-0.1, -0.05) is 5.16 Å². The first-order valence-corrected chi connectivity index (χ1v) is 10.1. The lowest BCUT2D eigenvalue weighted by Crippen LogP contribution is -2.24. The van der Waals surface area contributed by atoms with Gasteiger partial charge in [-0.25, -0.2) is 9.67 Å². The van der Waals surface area contributed by atoms with Gasteiger partial charge in [-0.2, -0.15) is 14.5 Å². The van der Waals surface area contributed by atoms with E-state index in [2.05, 4.69) is 30.1 Å². The largest absolute Gasteiger partial charge is 0.371 e. The highest BCUT2D eigenvalue weighted by Gasteiger charge is 2.55. The summed E-state index contributed by atoms with van der Waals surface area (Å²) >= 11 is 0. The third kappa shape index (κ3) is 3.24. The molecule has 0 radical (unpaired) electrons. The normalized spacial score (nSPS) is 22.1. The van der Waals surface area contributed by atoms with Crippen molar-refractivity contribution in [3.05, 3.63) is 70.9 Å². The number of hydrogen-bond donors (Lipinski definition) is 0. The van der Waals surface area contributed by atoms with Gasteiger partial charge in [-0.3, -0.25) is 9.78 Å². The minimum absolute atomic E-state index is 0.121. The van der Waals surface area contributed by atoms with Crippen LogP contribution in [0.3, 0.4) is 0 Å². The molecular formula is C21H18FN7O2. The molecule has 1 saturated heterocycles. The highest BCUT2D eigenvalue weighted by molar-refractivity contribution is 5.75. The molecule has 6 rings (SSSR count). The Bertz CT molecular complexity index is 1320. The highest BCUT2D eigenvalue weighted by Crippen LogP contribution is 2.53. The number of halogens is 1. The van der Waals surface area contributed by atoms with Crippen molar-refractivity contribution < 1.29 is 8.91 Å². The molecule has 31 heavy (non-hydrogen) atoms. The predicted octanol–water partition coefficient (Wildman–Crippen LogP) is 1.68. The Kier molecular flexibility index (Phi) is 4.05. The fraction of sp³-hybridized carbons (Fsp3) is 0.333. The molecule has 1 aliphatic heterocycles. The zero-order chi connectivity index (χ0) is 20.9. The van der Waals surface area contributed by atoms with Crippen molar-refractivity contribution in [3.63, 3.8) is 0 Å². The highest BCUT2D eigenvalue weighted by atomic mass is 19.1. The molecule has 0 amide bonds. The fourth-order valence-electron chi connectivity index (χ4n) is 4.66. The summed E-state index contributed by atoms with van der Waals surface area (Å²) in [5.41, 5.74) is 1.19. The van der Waals surface area contributed by atoms with Crippen molar-refractivity contribution in [3.8, 4) is 0 Å². The molecule has 0 bridgehead atoms. The van der Waals surface area contributed by atoms with E-state index in [1.165, 1.54) is 16.9 Å². The van der Waals surface area contributed by atoms with Crippen LogP contribution in [0.25, 0.3) is 10.9 Å². The van der Waals surface area contributed by atoms with Crippen LogP contribution in [-0.2, 0) is 13.0 Å². The van der Waals surface area contributed by atoms with Crippen molar-refractivity contribution in [2.24, 2.45) is 17.8 Å². The van der Waals surface area contributed by atoms with E-state index in [-0.39, 0.29) is 12.1 Å². The van der Waals surface area contributed by atoms with E-state index in [1.54, 1.807) is 24.5 Å². The summed E-state index contributed by atoms with van der Waals surface area (Å²) in [6.45, 7) is 1.91. The molecule has 4 aromatic heterocycles. The first-order chi connectivity index (χ1) is 15.2. The van der Waals surface area contributed by atoms with Gasteiger partial charge in [0.05, 0.1) is 17.1 Å². The molecule has 3 atom stereocenters. The summed E-state index contributed by atoms with van der Waals surface area (Å²) in [6.07, 6.45) is 5.42. The van der Waals surface area contributed by atoms with Crippen LogP contribution in [-0.4, -0.2) is 43.0 Å². The molecule has 2 aliphatic rings. The van der Waals surface area contributed by atoms with Crippen LogP contribution in [0.2, 0.25) is 0 Å². The quantitative estimate of drug-likeness (QED) is 0.450. The third-order valence-corrected chi connectivity index (χ3v) is 6.28. The number of aromatic nitrogens is 6. The second kappa shape index (κ2) is 6.93. The summed E-state index contributed by atoms with van der Waals surface area (Å²) in [6, 6.07) is 6.76. The van der Waals surface area contributed by atoms with Gasteiger partial charge < -0.3 is 9.42 Å². The minimum atomic E-state index is -0.453. The van der Waals surface area contributed by atoms with Crippen LogP contribution < -0.4 is 10.5 Å². The average Bonchev–Trinajstić information content (AvgIpc) is 3.13. The van der Waals surface area contributed by atoms with Crippen molar-refractivity contribution in [2.45, 2.75) is 13.0 Å². The van der Waals surface area contributed by atoms with Crippen molar-refractivity contribution in [1.29, 1.82) is 0 Å². The molecule has 9 nitrogen and oxygen atoms in total. The maximum atomic E-state index is 13.4. The second-order valence-electron chi connectivity index (χ2n) is 8.09. The first-order valence-electron chi connectivity index (χ1n) is 10.1. The molecule has 156 valence electrons. The molecule has 1 unspecified atom stereocenters. The summed E-state index contributed by atoms with van der Waals surface area (Å²) in [5, 5.41) is 8.74. The van der Waals surface area contributed by atoms with Crippen LogP contribution in [0.4, 0.5) is 10.1 Å². The number of pyridine rings is 2. The zero-order valence-electron chi connectivity index (χ0n) is 16.4. The van der Waals surface area contributed by atoms with E-state index >= 15 is 0 Å². The van der Waals surface area contributed by atoms with Crippen LogP contribution in [0.1, 0.15) is 11.7 Å². The van der Waals surface area contributed by atoms with Gasteiger partial charge in [0.15, 0.2) is 5.82 Å². The van der Waals surface area contributed by atoms with Crippen LogP contribution >= 0.6 is 0 Å². The van der Waals surface area contributed by atoms with E-state index in [0.29, 0.717) is 40.4 Å². The average molecular weight is 419 g/mol. The Morgan fingerprint density at radius 1 is 1.16 bits per heavy atom. The molecule has 0 N–H and O–H groups in total. The van der Waals surface area contributed by atoms with Gasteiger partial charge in [0.2, 0.25) is 11.8 Å². The summed E-state index contributed by atoms with van der Waals surface area (Å²) in [4.78, 5) is 27.0. The Balaban J connectivity index is 1.10. The lowest BCUT2D eigenvalue weighted by atomic mass is 10.2. The topological polar surface area (TPSA) is 103 Å². The zero-order valence-corrected chi connectivity index (χ0v) is 16.4. The molecule has 0 spiro atoms. The number of nitrogens with zero attached hydrogens (tertiary/aromatic N) is 7. The maximum Gasteiger partial charge on any atom is 0.276 e. The van der Waals surface area contributed by atoms with E-state index < -0.39 is 5.95 Å². The molecule has 1 saturated carbocycles. The van der Waals surface area contributed by atoms with Gasteiger partial charge in [-0.05, 0) is 36.0 Å². The van der Waals surface area contributed by atoms with Crippen LogP contribution in [0.5, 0.6) is 0 Å². The third-order valence-electron chi connectivity index (χ3n) is 6.28. The SMILES string of the molecule is O=c1c2cccnc2cnn1Cc1nc(CC2[C@H]3CN(c4ccnc(F)c4)C[C@@H]23)no1. The summed E-state index contributed by atoms with van der Waals surface area (Å²) < 4.78 is 20.0. The standard InChI is InChI=1S/C21H18FN7O2/c22-18-6-12(3-5-24-18)28-9-15-14(16(15)10-28)7-19-26-20(31-27-19)11-29-21(30)13-2-1-4-23-17(13)8-25-29/h1-6,8,14-16H,7,9-11H2/t14?,15-,16+. The molecule has 4 aromatic rings. The van der Waals surface area contributed by atoms with Gasteiger partial charge in [-0.15, -0.1) is 0 Å². The lowest BCUT2D eigenvalue weighted by molar-refractivity contribution is 0.357. The van der Waals surface area contributed by atoms with E-state index in [4.69, 9.17) is 4.52 Å². The minimum Gasteiger partial charge on any atom is -0.371 e. The van der Waals surface area contributed by atoms with Crippen LogP contribution in [0.15, 0.2) is 52.2 Å². The van der Waals surface area contributed by atoms with E-state index in [1.807, 2.05) is 6.07 Å². The Labute approximate surface area is 175 Å². The van der Waals surface area contributed by atoms with Crippen molar-refractivity contribution in [2.75, 3.05) is 18.0 Å². The maximum absolute atomic E-state index is 13.4. The Hall–Kier alpha value is -3.69. The molecule has 2 fully saturated rings. The monoisotopic (exact) mass is 419 g/mol. The van der Waals surface area contributed by atoms with Gasteiger partial charge in [0, 0.05) is 43.7 Å². The summed E-state index contributed by atoms with van der Waals surface area (Å²) in [7, 11) is 0.